The van der Waals surface area contributed by atoms with Crippen molar-refractivity contribution >= 4 is 19.7 Å². The number of carbonyl (C=O) groups excluding carboxylic acids is 2. The molecule has 2 atom stereocenters. The van der Waals surface area contributed by atoms with Crippen LogP contribution in [0, 0.1) is 0 Å². The van der Waals surface area contributed by atoms with Gasteiger partial charge >= 0.3 is 13.8 Å². The van der Waals surface area contributed by atoms with E-state index in [1.807, 2.05) is 0 Å². The van der Waals surface area contributed by atoms with E-state index in [0.29, 0.717) is 6.42 Å². The summed E-state index contributed by atoms with van der Waals surface area (Å²) >= 11 is 0. The number of ether oxygens (including phenoxy) is 1. The van der Waals surface area contributed by atoms with E-state index in [1.165, 1.54) is 218 Å². The summed E-state index contributed by atoms with van der Waals surface area (Å²) in [6.45, 7) is 3.59. The maximum atomic E-state index is 12.2. The molecule has 1 amide bonds. The average molecular weight is 954 g/mol. The van der Waals surface area contributed by atoms with Crippen molar-refractivity contribution in [3.8, 4) is 0 Å². The lowest BCUT2D eigenvalue weighted by atomic mass is 10.0. The molecule has 3 N–H and O–H groups in total. The van der Waals surface area contributed by atoms with E-state index < -0.39 is 26.5 Å². The van der Waals surface area contributed by atoms with Crippen LogP contribution in [0.3, 0.4) is 0 Å². The lowest BCUT2D eigenvalue weighted by molar-refractivity contribution is -0.147. The number of unbranched alkanes of at least 4 members (excludes halogenated alkanes) is 37. The SMILES string of the molecule is CCCCC/C=C\C/C=C\CCCCCCCCCCCCCC(=O)NCCOP(=O)(O)OCC(O)COC(=O)CCCCCCCCCCCCCCCCCCCCCCCCCC. The van der Waals surface area contributed by atoms with Gasteiger partial charge in [0.05, 0.1) is 13.2 Å². The van der Waals surface area contributed by atoms with E-state index in [1.54, 1.807) is 0 Å². The third kappa shape index (κ3) is 53.4. The molecule has 0 aliphatic heterocycles. The number of allylic oxidation sites excluding steroid dienone is 4. The molecule has 0 heterocycles. The van der Waals surface area contributed by atoms with Crippen molar-refractivity contribution in [2.75, 3.05) is 26.4 Å². The molecule has 0 aliphatic carbocycles. The number of aliphatic hydroxyl groups excluding tert-OH is 1. The van der Waals surface area contributed by atoms with E-state index in [9.17, 15) is 24.2 Å². The number of phosphoric acid groups is 1. The van der Waals surface area contributed by atoms with Crippen LogP contribution >= 0.6 is 7.82 Å². The monoisotopic (exact) mass is 954 g/mol. The van der Waals surface area contributed by atoms with Crippen molar-refractivity contribution in [1.82, 2.24) is 5.32 Å². The van der Waals surface area contributed by atoms with Crippen molar-refractivity contribution in [1.29, 1.82) is 0 Å². The number of nitrogens with one attached hydrogen (secondary N) is 1. The first-order valence-corrected chi connectivity index (χ1v) is 29.8. The first-order chi connectivity index (χ1) is 32.3. The van der Waals surface area contributed by atoms with Gasteiger partial charge in [-0.15, -0.1) is 0 Å². The highest BCUT2D eigenvalue weighted by Gasteiger charge is 2.23. The minimum atomic E-state index is -4.42. The Hall–Kier alpha value is -1.51. The van der Waals surface area contributed by atoms with Crippen molar-refractivity contribution in [2.24, 2.45) is 0 Å². The molecule has 9 nitrogen and oxygen atoms in total. The number of rotatable bonds is 54. The Balaban J connectivity index is 3.50. The van der Waals surface area contributed by atoms with Crippen LogP contribution in [0.1, 0.15) is 290 Å². The molecule has 0 spiro atoms. The number of hydrogen-bond acceptors (Lipinski definition) is 7. The quantitative estimate of drug-likeness (QED) is 0.0238. The minimum absolute atomic E-state index is 0.0834. The number of carbonyl (C=O) groups is 2. The molecule has 0 saturated heterocycles. The highest BCUT2D eigenvalue weighted by Crippen LogP contribution is 2.42. The Morgan fingerprint density at radius 1 is 0.470 bits per heavy atom. The molecule has 0 rings (SSSR count). The third-order valence-corrected chi connectivity index (χ3v) is 13.6. The summed E-state index contributed by atoms with van der Waals surface area (Å²) in [7, 11) is -4.42. The molecular weight excluding hydrogens is 846 g/mol. The number of phosphoric ester groups is 1. The van der Waals surface area contributed by atoms with Gasteiger partial charge in [-0.1, -0.05) is 256 Å². The number of aliphatic hydroxyl groups is 1. The zero-order valence-corrected chi connectivity index (χ0v) is 44.3. The van der Waals surface area contributed by atoms with Gasteiger partial charge in [0.25, 0.3) is 0 Å². The maximum Gasteiger partial charge on any atom is 0.472 e. The summed E-state index contributed by atoms with van der Waals surface area (Å²) in [4.78, 5) is 34.2. The van der Waals surface area contributed by atoms with Crippen LogP contribution in [0.25, 0.3) is 0 Å². The normalized spacial score (nSPS) is 13.2. The molecule has 0 aliphatic rings. The summed E-state index contributed by atoms with van der Waals surface area (Å²) in [6, 6.07) is 0. The fraction of sp³-hybridized carbons (Fsp3) is 0.893. The van der Waals surface area contributed by atoms with Gasteiger partial charge in [-0.3, -0.25) is 18.6 Å². The van der Waals surface area contributed by atoms with Crippen LogP contribution < -0.4 is 5.32 Å². The summed E-state index contributed by atoms with van der Waals surface area (Å²) in [5.74, 6) is -0.504. The van der Waals surface area contributed by atoms with E-state index in [0.717, 1.165) is 44.9 Å². The van der Waals surface area contributed by atoms with Gasteiger partial charge in [-0.2, -0.15) is 0 Å². The first kappa shape index (κ1) is 64.5. The Labute approximate surface area is 408 Å². The lowest BCUT2D eigenvalue weighted by Gasteiger charge is -2.15. The maximum absolute atomic E-state index is 12.2. The number of esters is 1. The molecule has 0 radical (unpaired) electrons. The predicted molar refractivity (Wildman–Crippen MR) is 280 cm³/mol. The average Bonchev–Trinajstić information content (AvgIpc) is 3.31. The van der Waals surface area contributed by atoms with E-state index in [-0.39, 0.29) is 32.1 Å². The van der Waals surface area contributed by atoms with Crippen molar-refractivity contribution < 1.29 is 37.9 Å². The zero-order chi connectivity index (χ0) is 48.1. The summed E-state index contributed by atoms with van der Waals surface area (Å²) in [5.41, 5.74) is 0. The molecule has 0 aromatic carbocycles. The van der Waals surface area contributed by atoms with Gasteiger partial charge in [-0.05, 0) is 44.9 Å². The zero-order valence-electron chi connectivity index (χ0n) is 43.4. The Morgan fingerprint density at radius 3 is 1.24 bits per heavy atom. The topological polar surface area (TPSA) is 131 Å². The molecule has 10 heteroatoms. The smallest absolute Gasteiger partial charge is 0.463 e. The fourth-order valence-corrected chi connectivity index (χ4v) is 9.11. The van der Waals surface area contributed by atoms with Crippen LogP contribution in [-0.2, 0) is 27.9 Å². The van der Waals surface area contributed by atoms with Gasteiger partial charge in [0.1, 0.15) is 12.7 Å². The van der Waals surface area contributed by atoms with E-state index in [2.05, 4.69) is 43.5 Å². The van der Waals surface area contributed by atoms with Gasteiger partial charge < -0.3 is 20.1 Å². The lowest BCUT2D eigenvalue weighted by Crippen LogP contribution is -2.27. The first-order valence-electron chi connectivity index (χ1n) is 28.3. The fourth-order valence-electron chi connectivity index (χ4n) is 8.36. The molecule has 0 fully saturated rings. The molecule has 0 aromatic rings. The van der Waals surface area contributed by atoms with Crippen LogP contribution in [-0.4, -0.2) is 54.3 Å². The standard InChI is InChI=1S/C56H108NO8P/c1-3-5-7-9-11-13-15-17-19-21-23-25-26-27-29-31-33-35-37-39-41-43-45-47-49-56(60)63-52-54(58)53-65-66(61,62)64-51-50-57-55(59)48-46-44-42-40-38-36-34-32-30-28-24-22-20-18-16-14-12-10-8-6-4-2/h12,14,18,20,54,58H,3-11,13,15-17,19,21-53H2,1-2H3,(H,57,59)(H,61,62)/b14-12-,20-18-. The van der Waals surface area contributed by atoms with Gasteiger partial charge in [-0.25, -0.2) is 4.57 Å². The second-order valence-corrected chi connectivity index (χ2v) is 20.7. The highest BCUT2D eigenvalue weighted by atomic mass is 31.2. The van der Waals surface area contributed by atoms with Crippen LogP contribution in [0.2, 0.25) is 0 Å². The summed E-state index contributed by atoms with van der Waals surface area (Å²) in [6.07, 6.45) is 61.3. The molecule has 2 unspecified atom stereocenters. The predicted octanol–water partition coefficient (Wildman–Crippen LogP) is 17.1. The highest BCUT2D eigenvalue weighted by molar-refractivity contribution is 7.47. The van der Waals surface area contributed by atoms with Gasteiger partial charge in [0, 0.05) is 19.4 Å². The van der Waals surface area contributed by atoms with Crippen LogP contribution in [0.15, 0.2) is 24.3 Å². The Morgan fingerprint density at radius 2 is 0.818 bits per heavy atom. The van der Waals surface area contributed by atoms with Crippen molar-refractivity contribution in [2.45, 2.75) is 296 Å². The van der Waals surface area contributed by atoms with Crippen LogP contribution in [0.5, 0.6) is 0 Å². The van der Waals surface area contributed by atoms with E-state index >= 15 is 0 Å². The number of amides is 1. The molecular formula is C56H108NO8P. The van der Waals surface area contributed by atoms with Crippen LogP contribution in [0.4, 0.5) is 0 Å². The summed E-state index contributed by atoms with van der Waals surface area (Å²) < 4.78 is 27.1. The van der Waals surface area contributed by atoms with Crippen molar-refractivity contribution in [3.63, 3.8) is 0 Å². The van der Waals surface area contributed by atoms with Gasteiger partial charge in [0.2, 0.25) is 5.91 Å². The number of hydrogen-bond donors (Lipinski definition) is 3. The second-order valence-electron chi connectivity index (χ2n) is 19.3. The van der Waals surface area contributed by atoms with Crippen molar-refractivity contribution in [3.05, 3.63) is 24.3 Å². The summed E-state index contributed by atoms with van der Waals surface area (Å²) in [5, 5.41) is 12.8. The molecule has 390 valence electrons. The Kier molecular flexibility index (Phi) is 51.6. The molecule has 0 bridgehead atoms. The molecule has 66 heavy (non-hydrogen) atoms. The third-order valence-electron chi connectivity index (χ3n) is 12.6. The Bertz CT molecular complexity index is 1130. The molecule has 0 aromatic heterocycles. The largest absolute Gasteiger partial charge is 0.472 e. The minimum Gasteiger partial charge on any atom is -0.463 e. The van der Waals surface area contributed by atoms with E-state index in [4.69, 9.17) is 13.8 Å². The molecule has 0 saturated carbocycles. The second kappa shape index (κ2) is 52.9. The van der Waals surface area contributed by atoms with Gasteiger partial charge in [0.15, 0.2) is 0 Å².